The molecule has 0 spiro atoms. The van der Waals surface area contributed by atoms with Gasteiger partial charge in [-0.05, 0) is 37.0 Å². The summed E-state index contributed by atoms with van der Waals surface area (Å²) in [7, 11) is -3.36. The lowest BCUT2D eigenvalue weighted by molar-refractivity contribution is 0.348. The Labute approximate surface area is 120 Å². The minimum atomic E-state index is -3.36. The molecule has 2 N–H and O–H groups in total. The third-order valence-corrected chi connectivity index (χ3v) is 6.84. The zero-order valence-corrected chi connectivity index (χ0v) is 12.7. The highest BCUT2D eigenvalue weighted by molar-refractivity contribution is 7.92. The standard InChI is InChI=1S/C14H20ClNO2S/c1-2-10-5-3-4-6-13(10)19(17,18)14-8-7-11(16)9-12(14)15/h7-10,13H,2-6,16H2,1H3. The summed E-state index contributed by atoms with van der Waals surface area (Å²) in [5.41, 5.74) is 6.11. The molecule has 0 amide bonds. The van der Waals surface area contributed by atoms with Crippen molar-refractivity contribution in [3.05, 3.63) is 23.2 Å². The Hall–Kier alpha value is -0.740. The normalized spacial score (nSPS) is 24.3. The molecule has 106 valence electrons. The highest BCUT2D eigenvalue weighted by Gasteiger charge is 2.36. The number of hydrogen-bond donors (Lipinski definition) is 1. The monoisotopic (exact) mass is 301 g/mol. The second-order valence-corrected chi connectivity index (χ2v) is 7.77. The first-order valence-corrected chi connectivity index (χ1v) is 8.68. The zero-order chi connectivity index (χ0) is 14.0. The third kappa shape index (κ3) is 2.90. The molecule has 0 aliphatic heterocycles. The van der Waals surface area contributed by atoms with E-state index < -0.39 is 9.84 Å². The van der Waals surface area contributed by atoms with E-state index in [1.807, 2.05) is 0 Å². The summed E-state index contributed by atoms with van der Waals surface area (Å²) in [4.78, 5) is 0.230. The average Bonchev–Trinajstić information content (AvgIpc) is 2.38. The molecule has 0 radical (unpaired) electrons. The predicted molar refractivity (Wildman–Crippen MR) is 79.1 cm³/mol. The number of nitrogen functional groups attached to an aromatic ring is 1. The maximum Gasteiger partial charge on any atom is 0.182 e. The lowest BCUT2D eigenvalue weighted by Crippen LogP contribution is -2.32. The van der Waals surface area contributed by atoms with E-state index in [0.717, 1.165) is 32.1 Å². The molecule has 2 unspecified atom stereocenters. The lowest BCUT2D eigenvalue weighted by Gasteiger charge is -2.30. The van der Waals surface area contributed by atoms with Crippen molar-refractivity contribution in [1.82, 2.24) is 0 Å². The molecule has 5 heteroatoms. The van der Waals surface area contributed by atoms with Gasteiger partial charge >= 0.3 is 0 Å². The SMILES string of the molecule is CCC1CCCCC1S(=O)(=O)c1ccc(N)cc1Cl. The Kier molecular flexibility index (Phi) is 4.41. The first kappa shape index (κ1) is 14.7. The van der Waals surface area contributed by atoms with Gasteiger partial charge in [-0.2, -0.15) is 0 Å². The van der Waals surface area contributed by atoms with Crippen LogP contribution in [0.1, 0.15) is 39.0 Å². The predicted octanol–water partition coefficient (Wildman–Crippen LogP) is 3.66. The highest BCUT2D eigenvalue weighted by atomic mass is 35.5. The number of benzene rings is 1. The first-order valence-electron chi connectivity index (χ1n) is 6.75. The molecule has 2 atom stereocenters. The van der Waals surface area contributed by atoms with Crippen LogP contribution in [0, 0.1) is 5.92 Å². The Morgan fingerprint density at radius 2 is 2.00 bits per heavy atom. The van der Waals surface area contributed by atoms with Crippen molar-refractivity contribution in [2.45, 2.75) is 49.2 Å². The first-order chi connectivity index (χ1) is 8.96. The summed E-state index contributed by atoms with van der Waals surface area (Å²) >= 11 is 6.06. The van der Waals surface area contributed by atoms with Gasteiger partial charge in [0.1, 0.15) is 0 Å². The van der Waals surface area contributed by atoms with Crippen LogP contribution < -0.4 is 5.73 Å². The van der Waals surface area contributed by atoms with Gasteiger partial charge in [-0.1, -0.05) is 37.8 Å². The quantitative estimate of drug-likeness (QED) is 0.867. The van der Waals surface area contributed by atoms with Crippen LogP contribution in [0.15, 0.2) is 23.1 Å². The van der Waals surface area contributed by atoms with Gasteiger partial charge in [0, 0.05) is 5.69 Å². The molecule has 2 rings (SSSR count). The van der Waals surface area contributed by atoms with Crippen molar-refractivity contribution in [2.24, 2.45) is 5.92 Å². The summed E-state index contributed by atoms with van der Waals surface area (Å²) in [6.07, 6.45) is 4.73. The van der Waals surface area contributed by atoms with Gasteiger partial charge in [-0.3, -0.25) is 0 Å². The van der Waals surface area contributed by atoms with Gasteiger partial charge in [0.25, 0.3) is 0 Å². The lowest BCUT2D eigenvalue weighted by atomic mass is 9.87. The largest absolute Gasteiger partial charge is 0.399 e. The zero-order valence-electron chi connectivity index (χ0n) is 11.1. The summed E-state index contributed by atoms with van der Waals surface area (Å²) in [5, 5.41) is -0.0622. The van der Waals surface area contributed by atoms with Crippen LogP contribution in [0.2, 0.25) is 5.02 Å². The number of rotatable bonds is 3. The van der Waals surface area contributed by atoms with Crippen molar-refractivity contribution in [3.63, 3.8) is 0 Å². The molecule has 1 aromatic rings. The van der Waals surface area contributed by atoms with Crippen molar-refractivity contribution in [2.75, 3.05) is 5.73 Å². The third-order valence-electron chi connectivity index (χ3n) is 4.02. The molecule has 0 heterocycles. The second-order valence-electron chi connectivity index (χ2n) is 5.23. The molecule has 3 nitrogen and oxygen atoms in total. The fourth-order valence-electron chi connectivity index (χ4n) is 2.96. The fourth-order valence-corrected chi connectivity index (χ4v) is 5.70. The molecule has 1 aromatic carbocycles. The maximum atomic E-state index is 12.8. The van der Waals surface area contributed by atoms with Crippen LogP contribution in [-0.2, 0) is 9.84 Å². The molecule has 1 aliphatic rings. The van der Waals surface area contributed by atoms with E-state index in [-0.39, 0.29) is 21.1 Å². The van der Waals surface area contributed by atoms with E-state index in [1.165, 1.54) is 12.1 Å². The van der Waals surface area contributed by atoms with Gasteiger partial charge in [0.05, 0.1) is 15.2 Å². The molecule has 0 saturated heterocycles. The van der Waals surface area contributed by atoms with Crippen molar-refractivity contribution in [1.29, 1.82) is 0 Å². The van der Waals surface area contributed by atoms with E-state index in [2.05, 4.69) is 6.92 Å². The summed E-state index contributed by atoms with van der Waals surface area (Å²) in [6, 6.07) is 4.65. The second kappa shape index (κ2) is 5.71. The van der Waals surface area contributed by atoms with E-state index in [9.17, 15) is 8.42 Å². The molecule has 19 heavy (non-hydrogen) atoms. The highest BCUT2D eigenvalue weighted by Crippen LogP contribution is 2.37. The minimum Gasteiger partial charge on any atom is -0.399 e. The topological polar surface area (TPSA) is 60.2 Å². The molecule has 1 saturated carbocycles. The summed E-state index contributed by atoms with van der Waals surface area (Å²) in [6.45, 7) is 2.06. The Balaban J connectivity index is 2.40. The molecule has 0 bridgehead atoms. The van der Waals surface area contributed by atoms with Gasteiger partial charge < -0.3 is 5.73 Å². The average molecular weight is 302 g/mol. The van der Waals surface area contributed by atoms with E-state index in [0.29, 0.717) is 5.69 Å². The Morgan fingerprint density at radius 1 is 1.32 bits per heavy atom. The van der Waals surface area contributed by atoms with Crippen LogP contribution >= 0.6 is 11.6 Å². The van der Waals surface area contributed by atoms with Crippen LogP contribution in [0.4, 0.5) is 5.69 Å². The number of sulfone groups is 1. The Bertz CT molecular complexity index is 557. The maximum absolute atomic E-state index is 12.8. The number of anilines is 1. The number of nitrogens with two attached hydrogens (primary N) is 1. The van der Waals surface area contributed by atoms with Crippen molar-refractivity contribution < 1.29 is 8.42 Å². The summed E-state index contributed by atoms with van der Waals surface area (Å²) < 4.78 is 25.5. The van der Waals surface area contributed by atoms with Crippen molar-refractivity contribution >= 4 is 27.1 Å². The van der Waals surface area contributed by atoms with E-state index >= 15 is 0 Å². The molecule has 1 fully saturated rings. The Morgan fingerprint density at radius 3 is 2.63 bits per heavy atom. The molecular weight excluding hydrogens is 282 g/mol. The number of hydrogen-bond acceptors (Lipinski definition) is 3. The van der Waals surface area contributed by atoms with Crippen LogP contribution in [0.5, 0.6) is 0 Å². The number of halogens is 1. The van der Waals surface area contributed by atoms with Crippen LogP contribution in [0.3, 0.4) is 0 Å². The van der Waals surface area contributed by atoms with Gasteiger partial charge in [-0.15, -0.1) is 0 Å². The van der Waals surface area contributed by atoms with E-state index in [1.54, 1.807) is 6.07 Å². The van der Waals surface area contributed by atoms with Gasteiger partial charge in [0.15, 0.2) is 9.84 Å². The van der Waals surface area contributed by atoms with E-state index in [4.69, 9.17) is 17.3 Å². The minimum absolute atomic E-state index is 0.230. The smallest absolute Gasteiger partial charge is 0.182 e. The molecule has 0 aromatic heterocycles. The van der Waals surface area contributed by atoms with Gasteiger partial charge in [-0.25, -0.2) is 8.42 Å². The summed E-state index contributed by atoms with van der Waals surface area (Å²) in [5.74, 6) is 0.243. The fraction of sp³-hybridized carbons (Fsp3) is 0.571. The van der Waals surface area contributed by atoms with Crippen molar-refractivity contribution in [3.8, 4) is 0 Å². The molecule has 1 aliphatic carbocycles. The van der Waals surface area contributed by atoms with Crippen LogP contribution in [-0.4, -0.2) is 13.7 Å². The van der Waals surface area contributed by atoms with Gasteiger partial charge in [0.2, 0.25) is 0 Å². The van der Waals surface area contributed by atoms with Crippen LogP contribution in [0.25, 0.3) is 0 Å². The molecular formula is C14H20ClNO2S.